The van der Waals surface area contributed by atoms with E-state index in [1.807, 2.05) is 5.51 Å². The summed E-state index contributed by atoms with van der Waals surface area (Å²) in [7, 11) is 0. The second-order valence-corrected chi connectivity index (χ2v) is 6.29. The second-order valence-electron chi connectivity index (χ2n) is 5.40. The number of fused-ring (bicyclic) bond motifs is 1. The summed E-state index contributed by atoms with van der Waals surface area (Å²) < 4.78 is 2.33. The molecule has 0 amide bonds. The van der Waals surface area contributed by atoms with Gasteiger partial charge in [0.2, 0.25) is 0 Å². The Morgan fingerprint density at radius 3 is 2.95 bits per heavy atom. The zero-order chi connectivity index (χ0) is 14.7. The lowest BCUT2D eigenvalue weighted by Gasteiger charge is -2.13. The topological polar surface area (TPSA) is 29.9 Å². The second kappa shape index (κ2) is 6.41. The summed E-state index contributed by atoms with van der Waals surface area (Å²) in [6.45, 7) is 6.36. The highest BCUT2D eigenvalue weighted by Crippen LogP contribution is 2.21. The Morgan fingerprint density at radius 2 is 2.14 bits per heavy atom. The van der Waals surface area contributed by atoms with Gasteiger partial charge in [-0.25, -0.2) is 4.98 Å². The summed E-state index contributed by atoms with van der Waals surface area (Å²) >= 11 is 1.74. The van der Waals surface area contributed by atoms with Gasteiger partial charge in [0.25, 0.3) is 0 Å². The van der Waals surface area contributed by atoms with Crippen LogP contribution in [0, 0.1) is 6.92 Å². The Bertz CT molecular complexity index is 713. The van der Waals surface area contributed by atoms with Crippen LogP contribution in [0.3, 0.4) is 0 Å². The van der Waals surface area contributed by atoms with E-state index in [1.165, 1.54) is 15.8 Å². The molecule has 0 saturated carbocycles. The number of rotatable bonds is 6. The summed E-state index contributed by atoms with van der Waals surface area (Å²) in [5, 5.41) is 4.91. The molecular formula is C17H21N3S. The first kappa shape index (κ1) is 14.3. The normalized spacial score (nSPS) is 12.9. The molecule has 3 aromatic rings. The molecule has 21 heavy (non-hydrogen) atoms. The van der Waals surface area contributed by atoms with Crippen LogP contribution in [0.1, 0.15) is 30.0 Å². The van der Waals surface area contributed by atoms with Gasteiger partial charge in [-0.3, -0.25) is 0 Å². The van der Waals surface area contributed by atoms with Crippen LogP contribution in [0.25, 0.3) is 10.9 Å². The molecular weight excluding hydrogens is 278 g/mol. The molecule has 0 aliphatic heterocycles. The van der Waals surface area contributed by atoms with Gasteiger partial charge in [-0.2, -0.15) is 0 Å². The van der Waals surface area contributed by atoms with Gasteiger partial charge in [0.1, 0.15) is 0 Å². The van der Waals surface area contributed by atoms with E-state index in [4.69, 9.17) is 0 Å². The maximum atomic E-state index is 4.32. The molecule has 1 unspecified atom stereocenters. The molecule has 110 valence electrons. The van der Waals surface area contributed by atoms with Gasteiger partial charge in [-0.05, 0) is 44.3 Å². The van der Waals surface area contributed by atoms with Crippen molar-refractivity contribution in [3.8, 4) is 0 Å². The fourth-order valence-electron chi connectivity index (χ4n) is 2.72. The average Bonchev–Trinajstić information content (AvgIpc) is 3.10. The first-order valence-electron chi connectivity index (χ1n) is 7.43. The van der Waals surface area contributed by atoms with E-state index in [-0.39, 0.29) is 0 Å². The van der Waals surface area contributed by atoms with Gasteiger partial charge >= 0.3 is 0 Å². The van der Waals surface area contributed by atoms with Gasteiger partial charge in [-0.1, -0.05) is 18.2 Å². The number of benzene rings is 1. The molecule has 0 aliphatic rings. The molecule has 2 heterocycles. The molecule has 0 bridgehead atoms. The predicted molar refractivity (Wildman–Crippen MR) is 89.8 cm³/mol. The van der Waals surface area contributed by atoms with Gasteiger partial charge in [0, 0.05) is 29.2 Å². The zero-order valence-electron chi connectivity index (χ0n) is 12.5. The molecule has 0 fully saturated rings. The number of nitrogens with one attached hydrogen (secondary N) is 1. The van der Waals surface area contributed by atoms with Gasteiger partial charge in [0.05, 0.1) is 11.2 Å². The van der Waals surface area contributed by atoms with E-state index < -0.39 is 0 Å². The molecule has 3 rings (SSSR count). The molecule has 2 aromatic heterocycles. The lowest BCUT2D eigenvalue weighted by Crippen LogP contribution is -2.20. The van der Waals surface area contributed by atoms with E-state index in [2.05, 4.69) is 65.2 Å². The highest BCUT2D eigenvalue weighted by molar-refractivity contribution is 7.09. The molecule has 0 radical (unpaired) electrons. The first-order valence-corrected chi connectivity index (χ1v) is 8.31. The van der Waals surface area contributed by atoms with Crippen LogP contribution >= 0.6 is 11.3 Å². The number of hydrogen-bond donors (Lipinski definition) is 1. The van der Waals surface area contributed by atoms with Crippen molar-refractivity contribution in [2.75, 3.05) is 6.54 Å². The predicted octanol–water partition coefficient (Wildman–Crippen LogP) is 4.15. The van der Waals surface area contributed by atoms with Gasteiger partial charge < -0.3 is 9.88 Å². The molecule has 1 aromatic carbocycles. The Hall–Kier alpha value is -1.65. The van der Waals surface area contributed by atoms with Crippen molar-refractivity contribution in [3.63, 3.8) is 0 Å². The molecule has 0 spiro atoms. The highest BCUT2D eigenvalue weighted by Gasteiger charge is 2.09. The highest BCUT2D eigenvalue weighted by atomic mass is 32.1. The van der Waals surface area contributed by atoms with Crippen LogP contribution in [0.15, 0.2) is 42.0 Å². The minimum absolute atomic E-state index is 0.388. The lowest BCUT2D eigenvalue weighted by atomic mass is 10.2. The van der Waals surface area contributed by atoms with E-state index in [0.29, 0.717) is 6.04 Å². The van der Waals surface area contributed by atoms with Crippen molar-refractivity contribution >= 4 is 22.2 Å². The van der Waals surface area contributed by atoms with Crippen molar-refractivity contribution in [3.05, 3.63) is 52.6 Å². The third kappa shape index (κ3) is 3.17. The zero-order valence-corrected chi connectivity index (χ0v) is 13.4. The Balaban J connectivity index is 1.51. The van der Waals surface area contributed by atoms with Crippen molar-refractivity contribution in [1.82, 2.24) is 14.9 Å². The molecule has 4 heteroatoms. The monoisotopic (exact) mass is 299 g/mol. The van der Waals surface area contributed by atoms with Crippen LogP contribution in [-0.4, -0.2) is 16.1 Å². The summed E-state index contributed by atoms with van der Waals surface area (Å²) in [4.78, 5) is 5.66. The Morgan fingerprint density at radius 1 is 1.29 bits per heavy atom. The van der Waals surface area contributed by atoms with Crippen molar-refractivity contribution in [2.24, 2.45) is 0 Å². The number of aromatic nitrogens is 2. The quantitative estimate of drug-likeness (QED) is 0.693. The third-order valence-electron chi connectivity index (χ3n) is 3.88. The lowest BCUT2D eigenvalue weighted by molar-refractivity contribution is 0.534. The van der Waals surface area contributed by atoms with E-state index in [9.17, 15) is 0 Å². The third-order valence-corrected chi connectivity index (χ3v) is 5.00. The molecule has 3 nitrogen and oxygen atoms in total. The summed E-state index contributed by atoms with van der Waals surface area (Å²) in [6.07, 6.45) is 3.31. The van der Waals surface area contributed by atoms with Crippen LogP contribution < -0.4 is 5.32 Å². The Labute approximate surface area is 129 Å². The smallest absolute Gasteiger partial charge is 0.0798 e. The molecule has 1 atom stereocenters. The number of thiazole rings is 1. The summed E-state index contributed by atoms with van der Waals surface area (Å²) in [5.41, 5.74) is 4.40. The fourth-order valence-corrected chi connectivity index (χ4v) is 3.56. The number of nitrogens with zero attached hydrogens (tertiary/aromatic N) is 2. The number of aryl methyl sites for hydroxylation is 2. The molecule has 1 N–H and O–H groups in total. The van der Waals surface area contributed by atoms with Crippen LogP contribution in [0.4, 0.5) is 0 Å². The van der Waals surface area contributed by atoms with Crippen LogP contribution in [0.2, 0.25) is 0 Å². The van der Waals surface area contributed by atoms with E-state index in [0.717, 1.165) is 25.2 Å². The number of hydrogen-bond acceptors (Lipinski definition) is 3. The van der Waals surface area contributed by atoms with Gasteiger partial charge in [0.15, 0.2) is 0 Å². The average molecular weight is 299 g/mol. The van der Waals surface area contributed by atoms with Crippen molar-refractivity contribution in [2.45, 2.75) is 32.9 Å². The maximum absolute atomic E-state index is 4.32. The van der Waals surface area contributed by atoms with E-state index in [1.54, 1.807) is 11.3 Å². The van der Waals surface area contributed by atoms with Crippen LogP contribution in [0.5, 0.6) is 0 Å². The Kier molecular flexibility index (Phi) is 4.36. The van der Waals surface area contributed by atoms with E-state index >= 15 is 0 Å². The van der Waals surface area contributed by atoms with Crippen LogP contribution in [-0.2, 0) is 6.54 Å². The van der Waals surface area contributed by atoms with Crippen molar-refractivity contribution < 1.29 is 0 Å². The summed E-state index contributed by atoms with van der Waals surface area (Å²) in [6, 6.07) is 11.1. The van der Waals surface area contributed by atoms with Gasteiger partial charge in [-0.15, -0.1) is 11.3 Å². The fraction of sp³-hybridized carbons (Fsp3) is 0.353. The van der Waals surface area contributed by atoms with Crippen molar-refractivity contribution in [1.29, 1.82) is 0 Å². The minimum atomic E-state index is 0.388. The maximum Gasteiger partial charge on any atom is 0.0798 e. The standard InChI is InChI=1S/C17H21N3S/c1-13(17-14(2)19-12-21-17)18-9-5-10-20-11-8-15-6-3-4-7-16(15)20/h3-4,6-8,11-13,18H,5,9-10H2,1-2H3. The number of para-hydroxylation sites is 1. The SMILES string of the molecule is Cc1ncsc1C(C)NCCCn1ccc2ccccc21. The summed E-state index contributed by atoms with van der Waals surface area (Å²) in [5.74, 6) is 0. The largest absolute Gasteiger partial charge is 0.347 e. The minimum Gasteiger partial charge on any atom is -0.347 e. The molecule has 0 saturated heterocycles. The molecule has 0 aliphatic carbocycles. The first-order chi connectivity index (χ1) is 10.3.